The maximum atomic E-state index is 12.1. The second-order valence-electron chi connectivity index (χ2n) is 4.47. The van der Waals surface area contributed by atoms with Gasteiger partial charge in [0.1, 0.15) is 0 Å². The number of carbonyl (C=O) groups is 1. The summed E-state index contributed by atoms with van der Waals surface area (Å²) in [5.41, 5.74) is 7.49. The lowest BCUT2D eigenvalue weighted by Crippen LogP contribution is -2.49. The van der Waals surface area contributed by atoms with Crippen LogP contribution in [0.5, 0.6) is 0 Å². The Morgan fingerprint density at radius 2 is 2.44 bits per heavy atom. The summed E-state index contributed by atoms with van der Waals surface area (Å²) in [5, 5.41) is 2.89. The van der Waals surface area contributed by atoms with Crippen LogP contribution in [0.1, 0.15) is 5.56 Å². The quantitative estimate of drug-likeness (QED) is 0.827. The van der Waals surface area contributed by atoms with Crippen molar-refractivity contribution in [3.8, 4) is 0 Å². The van der Waals surface area contributed by atoms with E-state index in [0.29, 0.717) is 26.2 Å². The predicted octanol–water partition coefficient (Wildman–Crippen LogP) is 1.19. The fraction of sp³-hybridized carbons (Fsp3) is 0.462. The number of hydrogen-bond donors (Lipinski definition) is 2. The third-order valence-corrected chi connectivity index (χ3v) is 2.96. The van der Waals surface area contributed by atoms with E-state index in [1.165, 1.54) is 0 Å². The Morgan fingerprint density at radius 3 is 3.17 bits per heavy atom. The van der Waals surface area contributed by atoms with E-state index in [-0.39, 0.29) is 12.1 Å². The molecule has 3 N–H and O–H groups in total. The molecule has 0 spiro atoms. The molecule has 0 aliphatic carbocycles. The highest BCUT2D eigenvalue weighted by molar-refractivity contribution is 5.89. The van der Waals surface area contributed by atoms with Crippen LogP contribution in [-0.2, 0) is 4.74 Å². The average molecular weight is 249 g/mol. The molecule has 1 aromatic rings. The Balaban J connectivity index is 1.95. The van der Waals surface area contributed by atoms with Crippen molar-refractivity contribution in [3.63, 3.8) is 0 Å². The number of carbonyl (C=O) groups excluding carboxylic acids is 1. The lowest BCUT2D eigenvalue weighted by atomic mass is 10.2. The highest BCUT2D eigenvalue weighted by atomic mass is 16.5. The minimum Gasteiger partial charge on any atom is -0.373 e. The van der Waals surface area contributed by atoms with Crippen molar-refractivity contribution in [2.75, 3.05) is 31.6 Å². The van der Waals surface area contributed by atoms with Crippen LogP contribution in [0, 0.1) is 6.92 Å². The number of nitrogens with two attached hydrogens (primary N) is 1. The zero-order valence-electron chi connectivity index (χ0n) is 10.6. The molecule has 2 rings (SSSR count). The van der Waals surface area contributed by atoms with Crippen LogP contribution in [0.15, 0.2) is 24.3 Å². The number of urea groups is 1. The molecule has 5 heteroatoms. The van der Waals surface area contributed by atoms with Crippen molar-refractivity contribution >= 4 is 11.7 Å². The van der Waals surface area contributed by atoms with E-state index in [2.05, 4.69) is 5.32 Å². The Hall–Kier alpha value is -1.59. The fourth-order valence-corrected chi connectivity index (χ4v) is 1.97. The van der Waals surface area contributed by atoms with Gasteiger partial charge in [0.2, 0.25) is 0 Å². The topological polar surface area (TPSA) is 67.6 Å². The van der Waals surface area contributed by atoms with Gasteiger partial charge in [-0.05, 0) is 24.6 Å². The van der Waals surface area contributed by atoms with E-state index in [9.17, 15) is 4.79 Å². The normalized spacial score (nSPS) is 19.7. The molecule has 1 fully saturated rings. The van der Waals surface area contributed by atoms with Gasteiger partial charge >= 0.3 is 6.03 Å². The number of rotatable bonds is 2. The van der Waals surface area contributed by atoms with Gasteiger partial charge in [-0.15, -0.1) is 0 Å². The molecule has 98 valence electrons. The third-order valence-electron chi connectivity index (χ3n) is 2.96. The summed E-state index contributed by atoms with van der Waals surface area (Å²) in [7, 11) is 0. The van der Waals surface area contributed by atoms with Gasteiger partial charge in [0.25, 0.3) is 0 Å². The summed E-state index contributed by atoms with van der Waals surface area (Å²) in [6.07, 6.45) is -0.0537. The molecular formula is C13H19N3O2. The van der Waals surface area contributed by atoms with Crippen molar-refractivity contribution in [1.82, 2.24) is 4.90 Å². The minimum absolute atomic E-state index is 0.0537. The molecule has 0 aromatic heterocycles. The molecule has 1 unspecified atom stereocenters. The molecule has 0 saturated carbocycles. The van der Waals surface area contributed by atoms with Crippen molar-refractivity contribution < 1.29 is 9.53 Å². The van der Waals surface area contributed by atoms with Crippen LogP contribution in [0.25, 0.3) is 0 Å². The van der Waals surface area contributed by atoms with Crippen molar-refractivity contribution in [2.45, 2.75) is 13.0 Å². The molecule has 1 aromatic carbocycles. The maximum Gasteiger partial charge on any atom is 0.322 e. The summed E-state index contributed by atoms with van der Waals surface area (Å²) in [5.74, 6) is 0. The summed E-state index contributed by atoms with van der Waals surface area (Å²) >= 11 is 0. The molecule has 1 saturated heterocycles. The molecular weight excluding hydrogens is 230 g/mol. The number of aryl methyl sites for hydroxylation is 1. The van der Waals surface area contributed by atoms with Crippen molar-refractivity contribution in [1.29, 1.82) is 0 Å². The molecule has 1 atom stereocenters. The zero-order chi connectivity index (χ0) is 13.0. The van der Waals surface area contributed by atoms with Gasteiger partial charge in [-0.2, -0.15) is 0 Å². The number of benzene rings is 1. The smallest absolute Gasteiger partial charge is 0.322 e. The summed E-state index contributed by atoms with van der Waals surface area (Å²) in [4.78, 5) is 13.8. The van der Waals surface area contributed by atoms with Crippen molar-refractivity contribution in [2.24, 2.45) is 5.73 Å². The Morgan fingerprint density at radius 1 is 1.61 bits per heavy atom. The first-order chi connectivity index (χ1) is 8.69. The summed E-state index contributed by atoms with van der Waals surface area (Å²) in [6.45, 7) is 4.13. The number of morpholine rings is 1. The molecule has 18 heavy (non-hydrogen) atoms. The number of hydrogen-bond acceptors (Lipinski definition) is 3. The van der Waals surface area contributed by atoms with Gasteiger partial charge in [-0.1, -0.05) is 12.1 Å². The summed E-state index contributed by atoms with van der Waals surface area (Å²) in [6, 6.07) is 7.65. The molecule has 1 aliphatic heterocycles. The SMILES string of the molecule is Cc1cccc(NC(=O)N2CCOC(CN)C2)c1. The van der Waals surface area contributed by atoms with Crippen LogP contribution in [0.3, 0.4) is 0 Å². The Kier molecular flexibility index (Phi) is 4.17. The number of amides is 2. The number of anilines is 1. The molecule has 1 aliphatic rings. The van der Waals surface area contributed by atoms with E-state index in [1.807, 2.05) is 31.2 Å². The van der Waals surface area contributed by atoms with Gasteiger partial charge in [-0.25, -0.2) is 4.79 Å². The number of nitrogens with zero attached hydrogens (tertiary/aromatic N) is 1. The van der Waals surface area contributed by atoms with E-state index in [4.69, 9.17) is 10.5 Å². The molecule has 0 radical (unpaired) electrons. The first-order valence-electron chi connectivity index (χ1n) is 6.13. The monoisotopic (exact) mass is 249 g/mol. The predicted molar refractivity (Wildman–Crippen MR) is 70.6 cm³/mol. The lowest BCUT2D eigenvalue weighted by molar-refractivity contribution is -0.00660. The van der Waals surface area contributed by atoms with Gasteiger partial charge in [0.05, 0.1) is 12.7 Å². The minimum atomic E-state index is -0.0950. The van der Waals surface area contributed by atoms with Gasteiger partial charge in [0.15, 0.2) is 0 Å². The van der Waals surface area contributed by atoms with Crippen LogP contribution in [0.4, 0.5) is 10.5 Å². The van der Waals surface area contributed by atoms with Gasteiger partial charge in [-0.3, -0.25) is 0 Å². The number of ether oxygens (including phenoxy) is 1. The van der Waals surface area contributed by atoms with E-state index >= 15 is 0 Å². The van der Waals surface area contributed by atoms with Crippen LogP contribution in [-0.4, -0.2) is 43.3 Å². The summed E-state index contributed by atoms with van der Waals surface area (Å²) < 4.78 is 5.43. The molecule has 0 bridgehead atoms. The maximum absolute atomic E-state index is 12.1. The molecule has 2 amide bonds. The lowest BCUT2D eigenvalue weighted by Gasteiger charge is -2.32. The van der Waals surface area contributed by atoms with Crippen LogP contribution in [0.2, 0.25) is 0 Å². The second kappa shape index (κ2) is 5.84. The standard InChI is InChI=1S/C13H19N3O2/c1-10-3-2-4-11(7-10)15-13(17)16-5-6-18-12(8-14)9-16/h2-4,7,12H,5-6,8-9,14H2,1H3,(H,15,17). The second-order valence-corrected chi connectivity index (χ2v) is 4.47. The Bertz CT molecular complexity index is 422. The van der Waals surface area contributed by atoms with E-state index in [1.54, 1.807) is 4.90 Å². The fourth-order valence-electron chi connectivity index (χ4n) is 1.97. The number of nitrogens with one attached hydrogen (secondary N) is 1. The van der Waals surface area contributed by atoms with E-state index < -0.39 is 0 Å². The molecule has 5 nitrogen and oxygen atoms in total. The third kappa shape index (κ3) is 3.21. The first-order valence-corrected chi connectivity index (χ1v) is 6.13. The largest absolute Gasteiger partial charge is 0.373 e. The average Bonchev–Trinajstić information content (AvgIpc) is 2.39. The van der Waals surface area contributed by atoms with E-state index in [0.717, 1.165) is 11.3 Å². The van der Waals surface area contributed by atoms with Crippen LogP contribution >= 0.6 is 0 Å². The Labute approximate surface area is 107 Å². The molecule has 1 heterocycles. The van der Waals surface area contributed by atoms with Crippen LogP contribution < -0.4 is 11.1 Å². The highest BCUT2D eigenvalue weighted by Gasteiger charge is 2.23. The van der Waals surface area contributed by atoms with Gasteiger partial charge in [0, 0.05) is 25.3 Å². The zero-order valence-corrected chi connectivity index (χ0v) is 10.6. The highest BCUT2D eigenvalue weighted by Crippen LogP contribution is 2.12. The van der Waals surface area contributed by atoms with Gasteiger partial charge < -0.3 is 20.7 Å². The van der Waals surface area contributed by atoms with Crippen molar-refractivity contribution in [3.05, 3.63) is 29.8 Å². The first kappa shape index (κ1) is 12.9.